The fraction of sp³-hybridized carbons (Fsp3) is 0.167. The number of imidazole rings is 1. The van der Waals surface area contributed by atoms with Gasteiger partial charge in [0.25, 0.3) is 0 Å². The van der Waals surface area contributed by atoms with Crippen molar-refractivity contribution in [3.05, 3.63) is 78.1 Å². The van der Waals surface area contributed by atoms with Crippen LogP contribution in [0.2, 0.25) is 0 Å². The van der Waals surface area contributed by atoms with Gasteiger partial charge in [0.2, 0.25) is 5.95 Å². The summed E-state index contributed by atoms with van der Waals surface area (Å²) in [4.78, 5) is 4.41. The van der Waals surface area contributed by atoms with Gasteiger partial charge < -0.3 is 9.88 Å². The number of hydrogen-bond donors (Lipinski definition) is 1. The second-order valence-electron chi connectivity index (χ2n) is 4.99. The summed E-state index contributed by atoms with van der Waals surface area (Å²) in [5.74, 6) is 0.868. The summed E-state index contributed by atoms with van der Waals surface area (Å²) < 4.78 is 2.14. The van der Waals surface area contributed by atoms with Crippen LogP contribution in [-0.2, 0) is 13.0 Å². The number of hydrogen-bond acceptors (Lipinski definition) is 2. The summed E-state index contributed by atoms with van der Waals surface area (Å²) in [6.07, 6.45) is 4.89. The lowest BCUT2D eigenvalue weighted by Gasteiger charge is -2.12. The Bertz CT molecular complexity index is 701. The molecule has 0 aliphatic heterocycles. The van der Waals surface area contributed by atoms with E-state index in [1.54, 1.807) is 0 Å². The topological polar surface area (TPSA) is 29.9 Å². The van der Waals surface area contributed by atoms with Gasteiger partial charge in [-0.3, -0.25) is 0 Å². The highest BCUT2D eigenvalue weighted by molar-refractivity contribution is 5.53. The first-order valence-electron chi connectivity index (χ1n) is 7.27. The minimum absolute atomic E-state index is 0.833. The average Bonchev–Trinajstić information content (AvgIpc) is 2.96. The van der Waals surface area contributed by atoms with Crippen molar-refractivity contribution in [2.45, 2.75) is 19.9 Å². The molecular weight excluding hydrogens is 258 g/mol. The lowest BCUT2D eigenvalue weighted by molar-refractivity contribution is 0.796. The number of aryl methyl sites for hydroxylation is 1. The normalized spacial score (nSPS) is 10.5. The largest absolute Gasteiger partial charge is 0.326 e. The van der Waals surface area contributed by atoms with Gasteiger partial charge in [0, 0.05) is 18.1 Å². The average molecular weight is 277 g/mol. The second-order valence-corrected chi connectivity index (χ2v) is 4.99. The first-order valence-corrected chi connectivity index (χ1v) is 7.27. The summed E-state index contributed by atoms with van der Waals surface area (Å²) in [5.41, 5.74) is 3.78. The van der Waals surface area contributed by atoms with Gasteiger partial charge in [-0.25, -0.2) is 4.98 Å². The predicted molar refractivity (Wildman–Crippen MR) is 86.9 cm³/mol. The molecule has 0 radical (unpaired) electrons. The maximum atomic E-state index is 4.41. The van der Waals surface area contributed by atoms with E-state index < -0.39 is 0 Å². The van der Waals surface area contributed by atoms with Crippen LogP contribution in [0.25, 0.3) is 0 Å². The number of aromatic nitrogens is 2. The molecule has 3 aromatic rings. The molecule has 1 heterocycles. The van der Waals surface area contributed by atoms with Crippen LogP contribution in [0, 0.1) is 0 Å². The molecule has 106 valence electrons. The van der Waals surface area contributed by atoms with Crippen molar-refractivity contribution < 1.29 is 0 Å². The third kappa shape index (κ3) is 3.14. The number of nitrogens with zero attached hydrogens (tertiary/aromatic N) is 2. The molecule has 3 rings (SSSR count). The Morgan fingerprint density at radius 2 is 1.67 bits per heavy atom. The van der Waals surface area contributed by atoms with Crippen LogP contribution in [0.3, 0.4) is 0 Å². The Hall–Kier alpha value is -2.55. The van der Waals surface area contributed by atoms with Crippen molar-refractivity contribution in [1.82, 2.24) is 9.55 Å². The smallest absolute Gasteiger partial charge is 0.207 e. The molecule has 3 heteroatoms. The Morgan fingerprint density at radius 3 is 2.43 bits per heavy atom. The fourth-order valence-corrected chi connectivity index (χ4v) is 2.45. The first kappa shape index (κ1) is 13.4. The second kappa shape index (κ2) is 6.27. The van der Waals surface area contributed by atoms with E-state index >= 15 is 0 Å². The summed E-state index contributed by atoms with van der Waals surface area (Å²) in [6.45, 7) is 3.02. The Morgan fingerprint density at radius 1 is 0.952 bits per heavy atom. The molecule has 0 bridgehead atoms. The minimum atomic E-state index is 0.833. The number of para-hydroxylation sites is 1. The predicted octanol–water partition coefficient (Wildman–Crippen LogP) is 4.24. The molecule has 21 heavy (non-hydrogen) atoms. The van der Waals surface area contributed by atoms with Crippen LogP contribution >= 0.6 is 0 Å². The van der Waals surface area contributed by atoms with Crippen molar-refractivity contribution >= 4 is 11.6 Å². The molecule has 0 atom stereocenters. The van der Waals surface area contributed by atoms with Crippen LogP contribution in [0.5, 0.6) is 0 Å². The van der Waals surface area contributed by atoms with Crippen molar-refractivity contribution in [1.29, 1.82) is 0 Å². The number of rotatable bonds is 5. The van der Waals surface area contributed by atoms with E-state index in [1.165, 1.54) is 11.1 Å². The zero-order valence-corrected chi connectivity index (χ0v) is 12.2. The SMILES string of the molecule is CCc1ccccc1Cn1ccnc1Nc1ccccc1. The molecular formula is C18H19N3. The monoisotopic (exact) mass is 277 g/mol. The standard InChI is InChI=1S/C18H19N3/c1-2-15-8-6-7-9-16(15)14-21-13-12-19-18(21)20-17-10-4-3-5-11-17/h3-13H,2,14H2,1H3,(H,19,20). The zero-order chi connectivity index (χ0) is 14.5. The maximum absolute atomic E-state index is 4.41. The maximum Gasteiger partial charge on any atom is 0.207 e. The number of anilines is 2. The lowest BCUT2D eigenvalue weighted by Crippen LogP contribution is -2.06. The van der Waals surface area contributed by atoms with E-state index in [0.717, 1.165) is 24.6 Å². The first-order chi connectivity index (χ1) is 10.4. The fourth-order valence-electron chi connectivity index (χ4n) is 2.45. The van der Waals surface area contributed by atoms with Crippen molar-refractivity contribution in [3.63, 3.8) is 0 Å². The molecule has 0 saturated carbocycles. The van der Waals surface area contributed by atoms with Gasteiger partial charge in [0.1, 0.15) is 0 Å². The minimum Gasteiger partial charge on any atom is -0.326 e. The molecule has 0 aliphatic carbocycles. The molecule has 0 fully saturated rings. The zero-order valence-electron chi connectivity index (χ0n) is 12.2. The quantitative estimate of drug-likeness (QED) is 0.756. The summed E-state index contributed by atoms with van der Waals surface area (Å²) >= 11 is 0. The highest BCUT2D eigenvalue weighted by atomic mass is 15.2. The van der Waals surface area contributed by atoms with Gasteiger partial charge in [0.05, 0.1) is 6.54 Å². The van der Waals surface area contributed by atoms with Gasteiger partial charge in [-0.2, -0.15) is 0 Å². The van der Waals surface area contributed by atoms with Crippen molar-refractivity contribution in [2.75, 3.05) is 5.32 Å². The van der Waals surface area contributed by atoms with Crippen LogP contribution in [0.4, 0.5) is 11.6 Å². The van der Waals surface area contributed by atoms with Gasteiger partial charge in [-0.05, 0) is 29.7 Å². The van der Waals surface area contributed by atoms with E-state index in [4.69, 9.17) is 0 Å². The Labute approximate surface area is 125 Å². The van der Waals surface area contributed by atoms with E-state index in [1.807, 2.05) is 42.7 Å². The van der Waals surface area contributed by atoms with Gasteiger partial charge in [0.15, 0.2) is 0 Å². The van der Waals surface area contributed by atoms with Gasteiger partial charge in [-0.1, -0.05) is 49.4 Å². The Balaban J connectivity index is 1.83. The molecule has 1 N–H and O–H groups in total. The molecule has 0 amide bonds. The van der Waals surface area contributed by atoms with E-state index in [-0.39, 0.29) is 0 Å². The summed E-state index contributed by atoms with van der Waals surface area (Å²) in [6, 6.07) is 18.7. The molecule has 1 aromatic heterocycles. The lowest BCUT2D eigenvalue weighted by atomic mass is 10.1. The van der Waals surface area contributed by atoms with E-state index in [2.05, 4.69) is 46.1 Å². The summed E-state index contributed by atoms with van der Waals surface area (Å²) in [7, 11) is 0. The number of nitrogens with one attached hydrogen (secondary N) is 1. The molecule has 0 spiro atoms. The third-order valence-corrected chi connectivity index (χ3v) is 3.59. The molecule has 2 aromatic carbocycles. The Kier molecular flexibility index (Phi) is 4.01. The van der Waals surface area contributed by atoms with Crippen molar-refractivity contribution in [3.8, 4) is 0 Å². The highest BCUT2D eigenvalue weighted by Crippen LogP contribution is 2.17. The van der Waals surface area contributed by atoms with Gasteiger partial charge in [-0.15, -0.1) is 0 Å². The van der Waals surface area contributed by atoms with Crippen LogP contribution < -0.4 is 5.32 Å². The van der Waals surface area contributed by atoms with Gasteiger partial charge >= 0.3 is 0 Å². The molecule has 0 unspecified atom stereocenters. The molecule has 0 aliphatic rings. The van der Waals surface area contributed by atoms with Crippen LogP contribution in [-0.4, -0.2) is 9.55 Å². The van der Waals surface area contributed by atoms with Crippen molar-refractivity contribution in [2.24, 2.45) is 0 Å². The third-order valence-electron chi connectivity index (χ3n) is 3.59. The molecule has 3 nitrogen and oxygen atoms in total. The molecule has 0 saturated heterocycles. The summed E-state index contributed by atoms with van der Waals surface area (Å²) in [5, 5.41) is 3.36. The number of benzene rings is 2. The van der Waals surface area contributed by atoms with E-state index in [9.17, 15) is 0 Å². The van der Waals surface area contributed by atoms with E-state index in [0.29, 0.717) is 0 Å². The van der Waals surface area contributed by atoms with Crippen LogP contribution in [0.15, 0.2) is 67.0 Å². The highest BCUT2D eigenvalue weighted by Gasteiger charge is 2.06. The van der Waals surface area contributed by atoms with Crippen LogP contribution in [0.1, 0.15) is 18.1 Å².